The van der Waals surface area contributed by atoms with Gasteiger partial charge < -0.3 is 10.1 Å². The predicted molar refractivity (Wildman–Crippen MR) is 104 cm³/mol. The second-order valence-electron chi connectivity index (χ2n) is 7.26. The van der Waals surface area contributed by atoms with E-state index in [0.717, 1.165) is 15.9 Å². The molecule has 0 radical (unpaired) electrons. The number of nitrogens with zero attached hydrogens (tertiary/aromatic N) is 7. The van der Waals surface area contributed by atoms with Crippen LogP contribution in [0.2, 0.25) is 0 Å². The summed E-state index contributed by atoms with van der Waals surface area (Å²) in [6.45, 7) is -0.727. The van der Waals surface area contributed by atoms with Crippen LogP contribution >= 0.6 is 0 Å². The molecule has 0 saturated carbocycles. The molecule has 11 nitrogen and oxygen atoms in total. The SMILES string of the molecule is Cn1cc(N(C(=O)OC(=O)c2cc3ncccn3n2)N2CCNC(C(F)F)C2)c(C(F)(F)F)n1. The Morgan fingerprint density at radius 1 is 1.29 bits per heavy atom. The van der Waals surface area contributed by atoms with Gasteiger partial charge in [0.05, 0.1) is 12.2 Å². The van der Waals surface area contributed by atoms with Gasteiger partial charge in [-0.2, -0.15) is 23.4 Å². The van der Waals surface area contributed by atoms with Crippen molar-refractivity contribution in [1.29, 1.82) is 0 Å². The molecule has 1 fully saturated rings. The Morgan fingerprint density at radius 3 is 2.74 bits per heavy atom. The van der Waals surface area contributed by atoms with Crippen LogP contribution in [0.3, 0.4) is 0 Å². The largest absolute Gasteiger partial charge is 0.437 e. The molecule has 1 saturated heterocycles. The molecule has 1 N–H and O–H groups in total. The summed E-state index contributed by atoms with van der Waals surface area (Å²) < 4.78 is 74.2. The molecule has 1 aliphatic rings. The first-order valence-electron chi connectivity index (χ1n) is 9.78. The highest BCUT2D eigenvalue weighted by atomic mass is 19.4. The second kappa shape index (κ2) is 8.94. The number of fused-ring (bicyclic) bond motifs is 1. The molecular weight excluding hydrogens is 471 g/mol. The van der Waals surface area contributed by atoms with Crippen molar-refractivity contribution >= 4 is 23.4 Å². The molecule has 1 atom stereocenters. The number of nitrogens with one attached hydrogen (secondary N) is 1. The van der Waals surface area contributed by atoms with Crippen molar-refractivity contribution in [2.24, 2.45) is 7.05 Å². The number of aromatic nitrogens is 5. The Hall–Kier alpha value is -3.66. The molecule has 16 heteroatoms. The number of hydrogen-bond donors (Lipinski definition) is 1. The lowest BCUT2D eigenvalue weighted by Gasteiger charge is -2.39. The molecule has 182 valence electrons. The third-order valence-corrected chi connectivity index (χ3v) is 4.88. The molecular formula is C18H17F5N8O3. The quantitative estimate of drug-likeness (QED) is 0.336. The minimum atomic E-state index is -4.98. The minimum absolute atomic E-state index is 0.0630. The molecule has 4 heterocycles. The summed E-state index contributed by atoms with van der Waals surface area (Å²) in [5.74, 6) is -1.27. The normalized spacial score (nSPS) is 17.3. The molecule has 0 aliphatic carbocycles. The van der Waals surface area contributed by atoms with Crippen molar-refractivity contribution in [2.45, 2.75) is 18.6 Å². The van der Waals surface area contributed by atoms with Crippen molar-refractivity contribution in [3.8, 4) is 0 Å². The lowest BCUT2D eigenvalue weighted by atomic mass is 10.2. The molecule has 0 spiro atoms. The molecule has 3 aromatic rings. The van der Waals surface area contributed by atoms with Crippen LogP contribution in [-0.2, 0) is 18.0 Å². The first-order chi connectivity index (χ1) is 16.0. The third-order valence-electron chi connectivity index (χ3n) is 4.88. The Morgan fingerprint density at radius 2 is 2.06 bits per heavy atom. The second-order valence-corrected chi connectivity index (χ2v) is 7.26. The molecule has 0 bridgehead atoms. The highest BCUT2D eigenvalue weighted by Crippen LogP contribution is 2.36. The van der Waals surface area contributed by atoms with Crippen LogP contribution in [0, 0.1) is 0 Å². The molecule has 1 amide bonds. The van der Waals surface area contributed by atoms with Crippen molar-refractivity contribution < 1.29 is 36.3 Å². The lowest BCUT2D eigenvalue weighted by Crippen LogP contribution is -2.60. The first-order valence-corrected chi connectivity index (χ1v) is 9.78. The van der Waals surface area contributed by atoms with E-state index in [9.17, 15) is 31.5 Å². The third kappa shape index (κ3) is 4.67. The number of carbonyl (C=O) groups is 2. The van der Waals surface area contributed by atoms with E-state index in [2.05, 4.69) is 20.5 Å². The van der Waals surface area contributed by atoms with Gasteiger partial charge >= 0.3 is 18.2 Å². The maximum atomic E-state index is 13.6. The summed E-state index contributed by atoms with van der Waals surface area (Å²) in [5.41, 5.74) is -2.31. The summed E-state index contributed by atoms with van der Waals surface area (Å²) in [6, 6.07) is 1.31. The number of alkyl halides is 5. The van der Waals surface area contributed by atoms with Gasteiger partial charge in [-0.3, -0.25) is 4.68 Å². The number of esters is 1. The monoisotopic (exact) mass is 488 g/mol. The van der Waals surface area contributed by atoms with E-state index in [1.165, 1.54) is 36.1 Å². The van der Waals surface area contributed by atoms with Gasteiger partial charge in [0.1, 0.15) is 5.69 Å². The number of amides is 1. The molecule has 0 aromatic carbocycles. The Labute approximate surface area is 187 Å². The molecule has 4 rings (SSSR count). The number of rotatable bonds is 4. The van der Waals surface area contributed by atoms with Crippen LogP contribution in [0.1, 0.15) is 16.2 Å². The van der Waals surface area contributed by atoms with E-state index < -0.39 is 48.6 Å². The van der Waals surface area contributed by atoms with Crippen LogP contribution in [0.25, 0.3) is 5.65 Å². The molecule has 1 aliphatic heterocycles. The number of ether oxygens (including phenoxy) is 1. The fourth-order valence-corrected chi connectivity index (χ4v) is 3.42. The van der Waals surface area contributed by atoms with Crippen LogP contribution in [0.15, 0.2) is 30.7 Å². The van der Waals surface area contributed by atoms with Crippen molar-refractivity contribution in [1.82, 2.24) is 34.7 Å². The number of anilines is 1. The fourth-order valence-electron chi connectivity index (χ4n) is 3.42. The Kier molecular flexibility index (Phi) is 6.18. The summed E-state index contributed by atoms with van der Waals surface area (Å²) in [4.78, 5) is 29.5. The zero-order chi connectivity index (χ0) is 24.6. The predicted octanol–water partition coefficient (Wildman–Crippen LogP) is 1.72. The van der Waals surface area contributed by atoms with E-state index in [1.54, 1.807) is 0 Å². The van der Waals surface area contributed by atoms with Gasteiger partial charge in [0.2, 0.25) is 0 Å². The summed E-state index contributed by atoms with van der Waals surface area (Å²) >= 11 is 0. The van der Waals surface area contributed by atoms with Crippen molar-refractivity contribution in [3.63, 3.8) is 0 Å². The highest BCUT2D eigenvalue weighted by Gasteiger charge is 2.43. The van der Waals surface area contributed by atoms with Gasteiger partial charge in [-0.25, -0.2) is 37.9 Å². The number of hydrogen-bond acceptors (Lipinski definition) is 8. The highest BCUT2D eigenvalue weighted by molar-refractivity contribution is 6.00. The minimum Gasteiger partial charge on any atom is -0.370 e. The maximum absolute atomic E-state index is 13.6. The summed E-state index contributed by atoms with van der Waals surface area (Å²) in [7, 11) is 1.19. The van der Waals surface area contributed by atoms with Crippen LogP contribution in [0.4, 0.5) is 32.4 Å². The number of halogens is 5. The molecule has 34 heavy (non-hydrogen) atoms. The number of hydrazine groups is 1. The molecule has 1 unspecified atom stereocenters. The maximum Gasteiger partial charge on any atom is 0.437 e. The first kappa shape index (κ1) is 23.5. The van der Waals surface area contributed by atoms with Gasteiger partial charge in [-0.05, 0) is 6.07 Å². The van der Waals surface area contributed by atoms with E-state index in [-0.39, 0.29) is 24.4 Å². The van der Waals surface area contributed by atoms with Gasteiger partial charge in [0.15, 0.2) is 17.0 Å². The van der Waals surface area contributed by atoms with Gasteiger partial charge in [-0.1, -0.05) is 0 Å². The molecule has 3 aromatic heterocycles. The number of piperazine rings is 1. The Bertz CT molecular complexity index is 1180. The van der Waals surface area contributed by atoms with Crippen LogP contribution in [0.5, 0.6) is 0 Å². The standard InChI is InChI=1S/C18H17F5N8O3/c1-28-9-12(14(27-28)18(21,22)23)31(29-6-4-24-11(8-29)15(19)20)17(33)34-16(32)10-7-13-25-3-2-5-30(13)26-10/h2-3,5,7,9,11,15,24H,4,6,8H2,1H3. The number of aryl methyl sites for hydroxylation is 1. The van der Waals surface area contributed by atoms with E-state index in [4.69, 9.17) is 4.74 Å². The van der Waals surface area contributed by atoms with Gasteiger partial charge in [-0.15, -0.1) is 0 Å². The zero-order valence-corrected chi connectivity index (χ0v) is 17.4. The average Bonchev–Trinajstić information content (AvgIpc) is 3.38. The van der Waals surface area contributed by atoms with Crippen LogP contribution < -0.4 is 10.3 Å². The van der Waals surface area contributed by atoms with E-state index in [1.807, 2.05) is 0 Å². The number of carbonyl (C=O) groups excluding carboxylic acids is 2. The topological polar surface area (TPSA) is 110 Å². The van der Waals surface area contributed by atoms with E-state index >= 15 is 0 Å². The Balaban J connectivity index is 1.67. The lowest BCUT2D eigenvalue weighted by molar-refractivity contribution is -0.141. The smallest absolute Gasteiger partial charge is 0.370 e. The fraction of sp³-hybridized carbons (Fsp3) is 0.389. The van der Waals surface area contributed by atoms with Gasteiger partial charge in [0, 0.05) is 45.1 Å². The van der Waals surface area contributed by atoms with Gasteiger partial charge in [0.25, 0.3) is 6.43 Å². The van der Waals surface area contributed by atoms with Crippen molar-refractivity contribution in [2.75, 3.05) is 24.6 Å². The van der Waals surface area contributed by atoms with Crippen LogP contribution in [-0.4, -0.2) is 73.6 Å². The van der Waals surface area contributed by atoms with E-state index in [0.29, 0.717) is 5.01 Å². The summed E-state index contributed by atoms with van der Waals surface area (Å²) in [5, 5.41) is 11.1. The zero-order valence-electron chi connectivity index (χ0n) is 17.4. The van der Waals surface area contributed by atoms with Crippen molar-refractivity contribution in [3.05, 3.63) is 42.1 Å². The average molecular weight is 488 g/mol. The summed E-state index contributed by atoms with van der Waals surface area (Å²) in [6.07, 6.45) is -5.59.